The molecule has 3 aromatic rings. The molecule has 0 radical (unpaired) electrons. The van der Waals surface area contributed by atoms with Gasteiger partial charge in [0.25, 0.3) is 0 Å². The zero-order chi connectivity index (χ0) is 19.1. The predicted octanol–water partition coefficient (Wildman–Crippen LogP) is 3.42. The Bertz CT molecular complexity index is 1010. The normalized spacial score (nSPS) is 18.9. The summed E-state index contributed by atoms with van der Waals surface area (Å²) in [5.74, 6) is 1.56. The highest BCUT2D eigenvalue weighted by Gasteiger charge is 2.30. The quantitative estimate of drug-likeness (QED) is 0.687. The zero-order valence-corrected chi connectivity index (χ0v) is 16.5. The van der Waals surface area contributed by atoms with E-state index in [-0.39, 0.29) is 5.92 Å². The molecule has 0 unspecified atom stereocenters. The number of carbonyl (C=O) groups excluding carboxylic acids is 1. The van der Waals surface area contributed by atoms with Crippen molar-refractivity contribution in [2.75, 3.05) is 31.1 Å². The molecule has 1 amide bonds. The second-order valence-corrected chi connectivity index (χ2v) is 8.16. The Balaban J connectivity index is 1.40. The van der Waals surface area contributed by atoms with Crippen molar-refractivity contribution in [3.8, 4) is 0 Å². The number of carbonyl (C=O) groups is 1. The highest BCUT2D eigenvalue weighted by Crippen LogP contribution is 2.30. The number of hydrogen-bond donors (Lipinski definition) is 0. The van der Waals surface area contributed by atoms with Gasteiger partial charge in [-0.1, -0.05) is 12.1 Å². The Hall–Kier alpha value is -2.63. The van der Waals surface area contributed by atoms with Crippen LogP contribution in [0.3, 0.4) is 0 Å². The van der Waals surface area contributed by atoms with Crippen LogP contribution in [0.1, 0.15) is 37.8 Å². The lowest BCUT2D eigenvalue weighted by atomic mass is 9.94. The summed E-state index contributed by atoms with van der Waals surface area (Å²) in [5, 5.41) is 5.72. The van der Waals surface area contributed by atoms with E-state index in [1.54, 1.807) is 0 Å². The van der Waals surface area contributed by atoms with E-state index >= 15 is 0 Å². The molecule has 6 heteroatoms. The molecule has 0 bridgehead atoms. The molecule has 28 heavy (non-hydrogen) atoms. The fraction of sp³-hybridized carbons (Fsp3) is 0.500. The fourth-order valence-corrected chi connectivity index (χ4v) is 4.71. The van der Waals surface area contributed by atoms with Gasteiger partial charge >= 0.3 is 0 Å². The van der Waals surface area contributed by atoms with Gasteiger partial charge in [0.1, 0.15) is 5.82 Å². The molecule has 146 valence electrons. The van der Waals surface area contributed by atoms with E-state index in [1.807, 2.05) is 23.6 Å². The molecule has 1 aromatic carbocycles. The van der Waals surface area contributed by atoms with E-state index in [2.05, 4.69) is 33.1 Å². The monoisotopic (exact) mass is 377 g/mol. The number of amides is 1. The lowest BCUT2D eigenvalue weighted by molar-refractivity contribution is -0.137. The highest BCUT2D eigenvalue weighted by molar-refractivity contribution is 5.92. The number of piperidine rings is 2. The Kier molecular flexibility index (Phi) is 4.41. The first-order chi connectivity index (χ1) is 13.7. The first kappa shape index (κ1) is 17.5. The van der Waals surface area contributed by atoms with E-state index in [0.29, 0.717) is 5.91 Å². The van der Waals surface area contributed by atoms with Gasteiger partial charge in [-0.05, 0) is 51.2 Å². The third-order valence-corrected chi connectivity index (χ3v) is 6.22. The molecule has 0 atom stereocenters. The number of nitrogens with zero attached hydrogens (tertiary/aromatic N) is 5. The Morgan fingerprint density at radius 3 is 2.57 bits per heavy atom. The van der Waals surface area contributed by atoms with Crippen LogP contribution in [0.4, 0.5) is 5.82 Å². The van der Waals surface area contributed by atoms with Crippen molar-refractivity contribution >= 4 is 28.3 Å². The fourth-order valence-electron chi connectivity index (χ4n) is 4.71. The number of para-hydroxylation sites is 1. The predicted molar refractivity (Wildman–Crippen MR) is 111 cm³/mol. The average molecular weight is 377 g/mol. The molecule has 2 fully saturated rings. The summed E-state index contributed by atoms with van der Waals surface area (Å²) in [6.45, 7) is 5.65. The summed E-state index contributed by atoms with van der Waals surface area (Å²) in [5.41, 5.74) is 2.94. The molecular formula is C22H27N5O. The number of aromatic nitrogens is 3. The van der Waals surface area contributed by atoms with Crippen LogP contribution in [0, 0.1) is 12.8 Å². The average Bonchev–Trinajstić information content (AvgIpc) is 3.14. The van der Waals surface area contributed by atoms with Gasteiger partial charge in [0.2, 0.25) is 5.91 Å². The van der Waals surface area contributed by atoms with Gasteiger partial charge in [-0.2, -0.15) is 5.10 Å². The number of fused-ring (bicyclic) bond motifs is 3. The summed E-state index contributed by atoms with van der Waals surface area (Å²) in [6, 6.07) is 10.4. The molecule has 2 aromatic heterocycles. The van der Waals surface area contributed by atoms with Crippen molar-refractivity contribution in [2.45, 2.75) is 39.0 Å². The molecule has 2 saturated heterocycles. The minimum atomic E-state index is 0.168. The summed E-state index contributed by atoms with van der Waals surface area (Å²) < 4.78 is 1.93. The van der Waals surface area contributed by atoms with Crippen LogP contribution in [0.2, 0.25) is 0 Å². The van der Waals surface area contributed by atoms with Gasteiger partial charge in [-0.15, -0.1) is 0 Å². The van der Waals surface area contributed by atoms with Gasteiger partial charge in [0.15, 0.2) is 5.65 Å². The van der Waals surface area contributed by atoms with Crippen LogP contribution in [0.25, 0.3) is 16.6 Å². The number of benzene rings is 1. The van der Waals surface area contributed by atoms with E-state index in [9.17, 15) is 4.79 Å². The molecule has 0 aliphatic carbocycles. The highest BCUT2D eigenvalue weighted by atomic mass is 16.2. The maximum absolute atomic E-state index is 12.9. The number of likely N-dealkylation sites (tertiary alicyclic amines) is 1. The van der Waals surface area contributed by atoms with Crippen molar-refractivity contribution in [3.05, 3.63) is 36.0 Å². The lowest BCUT2D eigenvalue weighted by Gasteiger charge is -2.36. The number of rotatable bonds is 2. The molecule has 2 aliphatic rings. The summed E-state index contributed by atoms with van der Waals surface area (Å²) >= 11 is 0. The second-order valence-electron chi connectivity index (χ2n) is 8.16. The number of hydrogen-bond acceptors (Lipinski definition) is 4. The topological polar surface area (TPSA) is 53.7 Å². The molecule has 4 heterocycles. The Morgan fingerprint density at radius 2 is 1.79 bits per heavy atom. The molecule has 6 nitrogen and oxygen atoms in total. The minimum Gasteiger partial charge on any atom is -0.356 e. The van der Waals surface area contributed by atoms with E-state index < -0.39 is 0 Å². The van der Waals surface area contributed by atoms with E-state index in [1.165, 1.54) is 6.42 Å². The van der Waals surface area contributed by atoms with Gasteiger partial charge in [0, 0.05) is 43.5 Å². The molecule has 2 aliphatic heterocycles. The molecule has 0 N–H and O–H groups in total. The number of anilines is 1. The van der Waals surface area contributed by atoms with Gasteiger partial charge in [0.05, 0.1) is 11.2 Å². The Morgan fingerprint density at radius 1 is 1.04 bits per heavy atom. The molecule has 0 spiro atoms. The largest absolute Gasteiger partial charge is 0.356 e. The molecular weight excluding hydrogens is 350 g/mol. The first-order valence-electron chi connectivity index (χ1n) is 10.5. The van der Waals surface area contributed by atoms with Crippen LogP contribution in [0.5, 0.6) is 0 Å². The summed E-state index contributed by atoms with van der Waals surface area (Å²) in [7, 11) is 0. The Labute approximate surface area is 165 Å². The van der Waals surface area contributed by atoms with Gasteiger partial charge in [-0.3, -0.25) is 4.79 Å². The van der Waals surface area contributed by atoms with Crippen LogP contribution in [-0.2, 0) is 4.79 Å². The minimum absolute atomic E-state index is 0.168. The maximum Gasteiger partial charge on any atom is 0.225 e. The molecule has 0 saturated carbocycles. The SMILES string of the molecule is Cc1cc2nc(N3CCC(C(=O)N4CCCCC4)CC3)c3ccccc3n2n1. The van der Waals surface area contributed by atoms with E-state index in [0.717, 1.165) is 79.9 Å². The van der Waals surface area contributed by atoms with Crippen LogP contribution >= 0.6 is 0 Å². The van der Waals surface area contributed by atoms with Gasteiger partial charge in [-0.25, -0.2) is 9.50 Å². The summed E-state index contributed by atoms with van der Waals surface area (Å²) in [4.78, 5) is 22.3. The zero-order valence-electron chi connectivity index (χ0n) is 16.5. The van der Waals surface area contributed by atoms with Crippen molar-refractivity contribution in [2.24, 2.45) is 5.92 Å². The third-order valence-electron chi connectivity index (χ3n) is 6.22. The van der Waals surface area contributed by atoms with Crippen LogP contribution in [0.15, 0.2) is 30.3 Å². The van der Waals surface area contributed by atoms with Crippen molar-refractivity contribution in [3.63, 3.8) is 0 Å². The molecule has 5 rings (SSSR count). The second kappa shape index (κ2) is 7.08. The van der Waals surface area contributed by atoms with Crippen molar-refractivity contribution < 1.29 is 4.79 Å². The van der Waals surface area contributed by atoms with Crippen LogP contribution in [-0.4, -0.2) is 51.6 Å². The standard InChI is InChI=1S/C22H27N5O/c1-16-15-20-23-21(18-7-3-4-8-19(18)27(20)24-16)25-13-9-17(10-14-25)22(28)26-11-5-2-6-12-26/h3-4,7-8,15,17H,2,5-6,9-14H2,1H3. The van der Waals surface area contributed by atoms with Gasteiger partial charge < -0.3 is 9.80 Å². The van der Waals surface area contributed by atoms with E-state index in [4.69, 9.17) is 4.98 Å². The number of aryl methyl sites for hydroxylation is 1. The third kappa shape index (κ3) is 3.01. The van der Waals surface area contributed by atoms with Crippen molar-refractivity contribution in [1.29, 1.82) is 0 Å². The maximum atomic E-state index is 12.9. The lowest BCUT2D eigenvalue weighted by Crippen LogP contribution is -2.44. The smallest absolute Gasteiger partial charge is 0.225 e. The first-order valence-corrected chi connectivity index (χ1v) is 10.5. The summed E-state index contributed by atoms with van der Waals surface area (Å²) in [6.07, 6.45) is 5.40. The van der Waals surface area contributed by atoms with Crippen molar-refractivity contribution in [1.82, 2.24) is 19.5 Å². The van der Waals surface area contributed by atoms with Crippen LogP contribution < -0.4 is 4.90 Å².